The lowest BCUT2D eigenvalue weighted by atomic mass is 10.1. The summed E-state index contributed by atoms with van der Waals surface area (Å²) in [6, 6.07) is 10.5. The Balaban J connectivity index is 1.65. The number of nitrogens with zero attached hydrogens (tertiary/aromatic N) is 3. The first-order valence-corrected chi connectivity index (χ1v) is 8.40. The van der Waals surface area contributed by atoms with Gasteiger partial charge in [-0.05, 0) is 43.3 Å². The highest BCUT2D eigenvalue weighted by molar-refractivity contribution is 6.31. The van der Waals surface area contributed by atoms with Crippen LogP contribution in [0.3, 0.4) is 0 Å². The van der Waals surface area contributed by atoms with Gasteiger partial charge in [-0.15, -0.1) is 0 Å². The van der Waals surface area contributed by atoms with Gasteiger partial charge in [-0.25, -0.2) is 9.97 Å². The molecule has 0 aliphatic heterocycles. The largest absolute Gasteiger partial charge is 0.347 e. The van der Waals surface area contributed by atoms with Crippen LogP contribution in [0.2, 0.25) is 5.02 Å². The quantitative estimate of drug-likeness (QED) is 0.513. The fourth-order valence-corrected chi connectivity index (χ4v) is 2.94. The molecule has 0 saturated carbocycles. The van der Waals surface area contributed by atoms with E-state index in [-0.39, 0.29) is 11.6 Å². The van der Waals surface area contributed by atoms with Crippen molar-refractivity contribution >= 4 is 28.5 Å². The number of nitrogens with one attached hydrogen (secondary N) is 3. The fourth-order valence-electron chi connectivity index (χ4n) is 2.76. The van der Waals surface area contributed by atoms with Gasteiger partial charge in [0.05, 0.1) is 17.4 Å². The van der Waals surface area contributed by atoms with Gasteiger partial charge in [0, 0.05) is 33.9 Å². The molecule has 4 aromatic rings. The van der Waals surface area contributed by atoms with E-state index in [0.29, 0.717) is 22.2 Å². The lowest BCUT2D eigenvalue weighted by Gasteiger charge is -2.14. The maximum Gasteiger partial charge on any atom is 0.253 e. The first-order chi connectivity index (χ1) is 12.6. The molecule has 0 fully saturated rings. The molecule has 3 N–H and O–H groups in total. The summed E-state index contributed by atoms with van der Waals surface area (Å²) in [5.41, 5.74) is 2.67. The van der Waals surface area contributed by atoms with Crippen LogP contribution in [-0.4, -0.2) is 25.1 Å². The van der Waals surface area contributed by atoms with E-state index in [4.69, 9.17) is 11.6 Å². The average Bonchev–Trinajstić information content (AvgIpc) is 3.16. The third kappa shape index (κ3) is 3.16. The zero-order chi connectivity index (χ0) is 18.1. The number of pyridine rings is 1. The van der Waals surface area contributed by atoms with Crippen LogP contribution in [0.25, 0.3) is 22.3 Å². The van der Waals surface area contributed by atoms with Crippen molar-refractivity contribution in [3.63, 3.8) is 0 Å². The van der Waals surface area contributed by atoms with Gasteiger partial charge in [0.2, 0.25) is 5.95 Å². The summed E-state index contributed by atoms with van der Waals surface area (Å²) in [6.45, 7) is 1.88. The summed E-state index contributed by atoms with van der Waals surface area (Å²) in [5.74, 6) is 0.426. The molecule has 3 heterocycles. The summed E-state index contributed by atoms with van der Waals surface area (Å²) in [5, 5.41) is 11.4. The Kier molecular flexibility index (Phi) is 4.14. The van der Waals surface area contributed by atoms with Crippen LogP contribution in [0.4, 0.5) is 5.95 Å². The molecule has 1 atom stereocenters. The minimum Gasteiger partial charge on any atom is -0.347 e. The number of fused-ring (bicyclic) bond motifs is 1. The van der Waals surface area contributed by atoms with Gasteiger partial charge in [0.15, 0.2) is 0 Å². The Morgan fingerprint density at radius 1 is 1.15 bits per heavy atom. The van der Waals surface area contributed by atoms with Gasteiger partial charge in [0.25, 0.3) is 5.56 Å². The van der Waals surface area contributed by atoms with Crippen LogP contribution >= 0.6 is 11.6 Å². The molecule has 26 heavy (non-hydrogen) atoms. The first kappa shape index (κ1) is 16.3. The molecule has 7 nitrogen and oxygen atoms in total. The molecule has 0 unspecified atom stereocenters. The Morgan fingerprint density at radius 3 is 2.85 bits per heavy atom. The van der Waals surface area contributed by atoms with Crippen LogP contribution in [0.1, 0.15) is 18.5 Å². The summed E-state index contributed by atoms with van der Waals surface area (Å²) in [4.78, 5) is 24.0. The minimum absolute atomic E-state index is 0.162. The molecule has 0 radical (unpaired) electrons. The van der Waals surface area contributed by atoms with Crippen LogP contribution in [0, 0.1) is 0 Å². The van der Waals surface area contributed by atoms with E-state index in [1.165, 1.54) is 0 Å². The van der Waals surface area contributed by atoms with E-state index in [1.54, 1.807) is 30.6 Å². The van der Waals surface area contributed by atoms with Crippen molar-refractivity contribution in [2.24, 2.45) is 0 Å². The summed E-state index contributed by atoms with van der Waals surface area (Å²) in [6.07, 6.45) is 3.32. The molecular formula is C18H15ClN6O. The van der Waals surface area contributed by atoms with Crippen LogP contribution < -0.4 is 10.9 Å². The highest BCUT2D eigenvalue weighted by atomic mass is 35.5. The molecule has 4 rings (SSSR count). The van der Waals surface area contributed by atoms with E-state index in [2.05, 4.69) is 30.5 Å². The van der Waals surface area contributed by atoms with E-state index in [0.717, 1.165) is 16.6 Å². The van der Waals surface area contributed by atoms with Gasteiger partial charge >= 0.3 is 0 Å². The number of H-pyrrole nitrogens is 2. The fraction of sp³-hybridized carbons (Fsp3) is 0.111. The molecular weight excluding hydrogens is 352 g/mol. The third-order valence-electron chi connectivity index (χ3n) is 4.08. The smallest absolute Gasteiger partial charge is 0.253 e. The second kappa shape index (κ2) is 6.61. The molecule has 1 aromatic carbocycles. The van der Waals surface area contributed by atoms with Gasteiger partial charge < -0.3 is 10.3 Å². The van der Waals surface area contributed by atoms with Crippen molar-refractivity contribution in [2.75, 3.05) is 5.32 Å². The Labute approximate surface area is 153 Å². The van der Waals surface area contributed by atoms with Crippen molar-refractivity contribution in [2.45, 2.75) is 13.0 Å². The number of aromatic amines is 2. The highest BCUT2D eigenvalue weighted by Gasteiger charge is 2.13. The summed E-state index contributed by atoms with van der Waals surface area (Å²) < 4.78 is 0. The molecule has 3 aromatic heterocycles. The van der Waals surface area contributed by atoms with E-state index in [9.17, 15) is 4.79 Å². The Bertz CT molecular complexity index is 1120. The van der Waals surface area contributed by atoms with Gasteiger partial charge in [-0.2, -0.15) is 5.10 Å². The molecule has 0 aliphatic carbocycles. The van der Waals surface area contributed by atoms with Gasteiger partial charge in [0.1, 0.15) is 0 Å². The van der Waals surface area contributed by atoms with Crippen molar-refractivity contribution in [1.82, 2.24) is 25.1 Å². The number of hydrogen-bond donors (Lipinski definition) is 3. The predicted octanol–water partition coefficient (Wildman–Crippen LogP) is 3.53. The number of benzene rings is 1. The number of rotatable bonds is 4. The maximum absolute atomic E-state index is 12.4. The topological polar surface area (TPSA) is 99.3 Å². The normalized spacial score (nSPS) is 12.2. The van der Waals surface area contributed by atoms with Crippen LogP contribution in [-0.2, 0) is 0 Å². The van der Waals surface area contributed by atoms with Crippen LogP contribution in [0.5, 0.6) is 0 Å². The van der Waals surface area contributed by atoms with Crippen molar-refractivity contribution in [3.8, 4) is 11.4 Å². The number of anilines is 1. The van der Waals surface area contributed by atoms with E-state index >= 15 is 0 Å². The highest BCUT2D eigenvalue weighted by Crippen LogP contribution is 2.21. The monoisotopic (exact) mass is 366 g/mol. The number of hydrogen-bond acceptors (Lipinski definition) is 5. The predicted molar refractivity (Wildman–Crippen MR) is 101 cm³/mol. The Hall–Kier alpha value is -3.19. The Morgan fingerprint density at radius 2 is 2.04 bits per heavy atom. The molecule has 0 saturated heterocycles. The maximum atomic E-state index is 12.4. The van der Waals surface area contributed by atoms with Crippen LogP contribution in [0.15, 0.2) is 53.6 Å². The second-order valence-electron chi connectivity index (χ2n) is 5.89. The molecule has 8 heteroatoms. The molecule has 0 aliphatic rings. The second-order valence-corrected chi connectivity index (χ2v) is 6.32. The molecule has 0 amide bonds. The number of halogens is 1. The molecule has 0 bridgehead atoms. The van der Waals surface area contributed by atoms with Crippen molar-refractivity contribution < 1.29 is 0 Å². The summed E-state index contributed by atoms with van der Waals surface area (Å²) in [7, 11) is 0. The van der Waals surface area contributed by atoms with Crippen molar-refractivity contribution in [1.29, 1.82) is 0 Å². The lowest BCUT2D eigenvalue weighted by molar-refractivity contribution is 0.845. The SMILES string of the molecule is C[C@H](Nc1nccc(-c2ccn[nH]2)n1)c1cc2cc(Cl)ccc2[nH]c1=O. The van der Waals surface area contributed by atoms with E-state index < -0.39 is 0 Å². The lowest BCUT2D eigenvalue weighted by Crippen LogP contribution is -2.20. The van der Waals surface area contributed by atoms with E-state index in [1.807, 2.05) is 25.1 Å². The first-order valence-electron chi connectivity index (χ1n) is 8.02. The minimum atomic E-state index is -0.292. The number of aromatic nitrogens is 5. The standard InChI is InChI=1S/C18H15ClN6O/c1-10(13-9-11-8-12(19)2-3-14(11)23-17(13)26)22-18-20-6-4-15(24-18)16-5-7-21-25-16/h2-10H,1H3,(H,21,25)(H,23,26)(H,20,22,24)/t10-/m0/s1. The molecule has 130 valence electrons. The molecule has 0 spiro atoms. The zero-order valence-electron chi connectivity index (χ0n) is 13.8. The van der Waals surface area contributed by atoms with Gasteiger partial charge in [-0.3, -0.25) is 9.89 Å². The van der Waals surface area contributed by atoms with Crippen molar-refractivity contribution in [3.05, 3.63) is 69.7 Å². The zero-order valence-corrected chi connectivity index (χ0v) is 14.6. The third-order valence-corrected chi connectivity index (χ3v) is 4.31. The van der Waals surface area contributed by atoms with Gasteiger partial charge in [-0.1, -0.05) is 11.6 Å². The average molecular weight is 367 g/mol. The summed E-state index contributed by atoms with van der Waals surface area (Å²) >= 11 is 6.05.